The van der Waals surface area contributed by atoms with Crippen molar-refractivity contribution in [3.8, 4) is 0 Å². The molecule has 0 aromatic carbocycles. The largest absolute Gasteiger partial charge is 0.376 e. The van der Waals surface area contributed by atoms with Crippen molar-refractivity contribution in [2.24, 2.45) is 11.8 Å². The first-order chi connectivity index (χ1) is 9.63. The molecule has 1 saturated heterocycles. The zero-order valence-electron chi connectivity index (χ0n) is 13.9. The summed E-state index contributed by atoms with van der Waals surface area (Å²) < 4.78 is 5.77. The molecule has 118 valence electrons. The van der Waals surface area contributed by atoms with Gasteiger partial charge in [0.05, 0.1) is 12.7 Å². The molecule has 5 atom stereocenters. The number of hydrogen-bond acceptors (Lipinski definition) is 3. The van der Waals surface area contributed by atoms with Gasteiger partial charge in [-0.05, 0) is 52.0 Å². The average Bonchev–Trinajstić information content (AvgIpc) is 2.44. The van der Waals surface area contributed by atoms with Gasteiger partial charge in [-0.1, -0.05) is 19.8 Å². The minimum Gasteiger partial charge on any atom is -0.376 e. The molecule has 1 aliphatic heterocycles. The van der Waals surface area contributed by atoms with Crippen LogP contribution in [-0.2, 0) is 4.74 Å². The summed E-state index contributed by atoms with van der Waals surface area (Å²) in [7, 11) is 2.14. The molecular weight excluding hydrogens is 248 g/mol. The molecule has 0 spiro atoms. The third-order valence-electron chi connectivity index (χ3n) is 5.36. The van der Waals surface area contributed by atoms with Gasteiger partial charge in [-0.15, -0.1) is 0 Å². The van der Waals surface area contributed by atoms with Crippen LogP contribution in [0.4, 0.5) is 0 Å². The minimum absolute atomic E-state index is 0.397. The molecule has 2 fully saturated rings. The van der Waals surface area contributed by atoms with Crippen LogP contribution >= 0.6 is 0 Å². The van der Waals surface area contributed by atoms with E-state index < -0.39 is 0 Å². The molecule has 0 aromatic heterocycles. The molecule has 3 nitrogen and oxygen atoms in total. The van der Waals surface area contributed by atoms with E-state index in [1.54, 1.807) is 0 Å². The first kappa shape index (κ1) is 16.3. The van der Waals surface area contributed by atoms with Gasteiger partial charge in [0.25, 0.3) is 0 Å². The van der Waals surface area contributed by atoms with Crippen molar-refractivity contribution < 1.29 is 4.74 Å². The maximum Gasteiger partial charge on any atom is 0.0674 e. The van der Waals surface area contributed by atoms with Crippen molar-refractivity contribution in [2.75, 3.05) is 26.7 Å². The van der Waals surface area contributed by atoms with E-state index in [1.165, 1.54) is 38.6 Å². The Morgan fingerprint density at radius 1 is 1.25 bits per heavy atom. The molecule has 2 aliphatic rings. The third-order valence-corrected chi connectivity index (χ3v) is 5.36. The molecule has 1 aliphatic carbocycles. The number of hydrogen-bond donors (Lipinski definition) is 1. The standard InChI is InChI=1S/C17H34N2O/c1-5-6-15-7-8-17(18-4)16(9-15)11-19-10-14(3)20-12-13(19)2/h13-18H,5-12H2,1-4H3. The van der Waals surface area contributed by atoms with Gasteiger partial charge in [0.15, 0.2) is 0 Å². The first-order valence-corrected chi connectivity index (χ1v) is 8.66. The van der Waals surface area contributed by atoms with Crippen LogP contribution < -0.4 is 5.32 Å². The molecule has 0 bridgehead atoms. The number of nitrogens with one attached hydrogen (secondary N) is 1. The fourth-order valence-electron chi connectivity index (χ4n) is 4.14. The van der Waals surface area contributed by atoms with Crippen LogP contribution in [0, 0.1) is 11.8 Å². The van der Waals surface area contributed by atoms with Gasteiger partial charge < -0.3 is 10.1 Å². The third kappa shape index (κ3) is 4.19. The van der Waals surface area contributed by atoms with Crippen LogP contribution in [0.15, 0.2) is 0 Å². The maximum absolute atomic E-state index is 5.77. The van der Waals surface area contributed by atoms with E-state index in [0.29, 0.717) is 18.2 Å². The molecule has 1 heterocycles. The van der Waals surface area contributed by atoms with Gasteiger partial charge in [-0.25, -0.2) is 0 Å². The molecule has 0 radical (unpaired) electrons. The lowest BCUT2D eigenvalue weighted by molar-refractivity contribution is -0.0584. The van der Waals surface area contributed by atoms with Crippen molar-refractivity contribution in [3.05, 3.63) is 0 Å². The van der Waals surface area contributed by atoms with Crippen LogP contribution in [0.1, 0.15) is 52.9 Å². The number of rotatable bonds is 5. The van der Waals surface area contributed by atoms with Crippen molar-refractivity contribution in [1.29, 1.82) is 0 Å². The SMILES string of the molecule is CCCC1CCC(NC)C(CN2CC(C)OCC2C)C1. The lowest BCUT2D eigenvalue weighted by Gasteiger charge is -2.43. The molecule has 1 N–H and O–H groups in total. The van der Waals surface area contributed by atoms with E-state index in [1.807, 2.05) is 0 Å². The summed E-state index contributed by atoms with van der Waals surface area (Å²) in [6.07, 6.45) is 7.35. The Hall–Kier alpha value is -0.120. The summed E-state index contributed by atoms with van der Waals surface area (Å²) in [4.78, 5) is 2.66. The summed E-state index contributed by atoms with van der Waals surface area (Å²) in [6.45, 7) is 10.1. The van der Waals surface area contributed by atoms with Crippen LogP contribution in [0.2, 0.25) is 0 Å². The Balaban J connectivity index is 1.92. The number of ether oxygens (including phenoxy) is 1. The Morgan fingerprint density at radius 2 is 2.05 bits per heavy atom. The molecule has 0 amide bonds. The van der Waals surface area contributed by atoms with Crippen LogP contribution in [0.5, 0.6) is 0 Å². The highest BCUT2D eigenvalue weighted by molar-refractivity contribution is 4.88. The van der Waals surface area contributed by atoms with Crippen LogP contribution in [0.3, 0.4) is 0 Å². The molecular formula is C17H34N2O. The van der Waals surface area contributed by atoms with Crippen molar-refractivity contribution in [1.82, 2.24) is 10.2 Å². The average molecular weight is 282 g/mol. The van der Waals surface area contributed by atoms with Crippen molar-refractivity contribution in [2.45, 2.75) is 71.1 Å². The summed E-state index contributed by atoms with van der Waals surface area (Å²) in [5, 5.41) is 3.57. The van der Waals surface area contributed by atoms with Crippen LogP contribution in [0.25, 0.3) is 0 Å². The number of morpholine rings is 1. The summed E-state index contributed by atoms with van der Waals surface area (Å²) in [5.41, 5.74) is 0. The minimum atomic E-state index is 0.397. The van der Waals surface area contributed by atoms with Gasteiger partial charge in [-0.2, -0.15) is 0 Å². The lowest BCUT2D eigenvalue weighted by Crippen LogP contribution is -2.52. The van der Waals surface area contributed by atoms with Crippen molar-refractivity contribution >= 4 is 0 Å². The van der Waals surface area contributed by atoms with E-state index in [2.05, 4.69) is 38.0 Å². The quantitative estimate of drug-likeness (QED) is 0.839. The Kier molecular flexibility index (Phi) is 6.31. The zero-order valence-corrected chi connectivity index (χ0v) is 13.9. The monoisotopic (exact) mass is 282 g/mol. The van der Waals surface area contributed by atoms with Crippen LogP contribution in [-0.4, -0.2) is 49.8 Å². The molecule has 2 rings (SSSR count). The van der Waals surface area contributed by atoms with Gasteiger partial charge in [-0.3, -0.25) is 4.90 Å². The Morgan fingerprint density at radius 3 is 2.75 bits per heavy atom. The molecule has 3 heteroatoms. The fourth-order valence-corrected chi connectivity index (χ4v) is 4.14. The highest BCUT2D eigenvalue weighted by atomic mass is 16.5. The second-order valence-corrected chi connectivity index (χ2v) is 7.07. The summed E-state index contributed by atoms with van der Waals surface area (Å²) in [6, 6.07) is 1.30. The van der Waals surface area contributed by atoms with E-state index in [4.69, 9.17) is 4.74 Å². The second kappa shape index (κ2) is 7.77. The smallest absolute Gasteiger partial charge is 0.0674 e. The Labute approximate surface area is 125 Å². The maximum atomic E-state index is 5.77. The highest BCUT2D eigenvalue weighted by Crippen LogP contribution is 2.33. The topological polar surface area (TPSA) is 24.5 Å². The predicted molar refractivity (Wildman–Crippen MR) is 85.0 cm³/mol. The lowest BCUT2D eigenvalue weighted by atomic mass is 9.76. The van der Waals surface area contributed by atoms with E-state index in [0.717, 1.165) is 25.0 Å². The molecule has 1 saturated carbocycles. The molecule has 5 unspecified atom stereocenters. The first-order valence-electron chi connectivity index (χ1n) is 8.66. The number of nitrogens with zero attached hydrogens (tertiary/aromatic N) is 1. The fraction of sp³-hybridized carbons (Fsp3) is 1.00. The van der Waals surface area contributed by atoms with E-state index >= 15 is 0 Å². The zero-order chi connectivity index (χ0) is 14.5. The van der Waals surface area contributed by atoms with E-state index in [9.17, 15) is 0 Å². The molecule has 0 aromatic rings. The highest BCUT2D eigenvalue weighted by Gasteiger charge is 2.33. The van der Waals surface area contributed by atoms with Gasteiger partial charge in [0.1, 0.15) is 0 Å². The van der Waals surface area contributed by atoms with Crippen molar-refractivity contribution in [3.63, 3.8) is 0 Å². The second-order valence-electron chi connectivity index (χ2n) is 7.07. The summed E-state index contributed by atoms with van der Waals surface area (Å²) in [5.74, 6) is 1.78. The van der Waals surface area contributed by atoms with Gasteiger partial charge in [0.2, 0.25) is 0 Å². The van der Waals surface area contributed by atoms with E-state index in [-0.39, 0.29) is 0 Å². The predicted octanol–water partition coefficient (Wildman–Crippen LogP) is 2.90. The van der Waals surface area contributed by atoms with Gasteiger partial charge in [0, 0.05) is 25.2 Å². The summed E-state index contributed by atoms with van der Waals surface area (Å²) >= 11 is 0. The Bertz CT molecular complexity index is 284. The molecule has 20 heavy (non-hydrogen) atoms. The van der Waals surface area contributed by atoms with Gasteiger partial charge >= 0.3 is 0 Å². The normalized spacial score (nSPS) is 39.9.